The summed E-state index contributed by atoms with van der Waals surface area (Å²) in [4.78, 5) is 33.1. The number of imidazole rings is 1. The first-order chi connectivity index (χ1) is 17.9. The molecule has 1 aliphatic rings. The maximum absolute atomic E-state index is 14.0. The Hall–Kier alpha value is -4.34. The number of aryl methyl sites for hydroxylation is 1. The van der Waals surface area contributed by atoms with Crippen molar-refractivity contribution < 1.29 is 18.7 Å². The Morgan fingerprint density at radius 2 is 1.97 bits per heavy atom. The van der Waals surface area contributed by atoms with Crippen LogP contribution in [-0.4, -0.2) is 37.5 Å². The number of nitrogens with zero attached hydrogens (tertiary/aromatic N) is 4. The van der Waals surface area contributed by atoms with Crippen LogP contribution in [0.5, 0.6) is 5.75 Å². The topological polar surface area (TPSA) is 111 Å². The van der Waals surface area contributed by atoms with Gasteiger partial charge < -0.3 is 15.4 Å². The molecule has 0 saturated heterocycles. The summed E-state index contributed by atoms with van der Waals surface area (Å²) >= 11 is 0. The van der Waals surface area contributed by atoms with E-state index in [9.17, 15) is 14.0 Å². The number of anilines is 1. The fraction of sp³-hybridized carbons (Fsp3) is 0.296. The van der Waals surface area contributed by atoms with Crippen LogP contribution in [0.2, 0.25) is 0 Å². The van der Waals surface area contributed by atoms with E-state index in [0.29, 0.717) is 45.3 Å². The Kier molecular flexibility index (Phi) is 6.80. The number of carbonyl (C=O) groups is 2. The van der Waals surface area contributed by atoms with Crippen molar-refractivity contribution in [1.29, 1.82) is 0 Å². The van der Waals surface area contributed by atoms with Crippen LogP contribution >= 0.6 is 0 Å². The van der Waals surface area contributed by atoms with Gasteiger partial charge in [0.05, 0.1) is 29.3 Å². The van der Waals surface area contributed by atoms with Crippen molar-refractivity contribution in [3.8, 4) is 17.0 Å². The first-order valence-corrected chi connectivity index (χ1v) is 12.2. The average Bonchev–Trinajstić information content (AvgIpc) is 3.52. The summed E-state index contributed by atoms with van der Waals surface area (Å²) in [5.41, 5.74) is 3.32. The molecule has 1 saturated carbocycles. The highest BCUT2D eigenvalue weighted by Crippen LogP contribution is 2.27. The fourth-order valence-electron chi connectivity index (χ4n) is 4.44. The molecule has 0 bridgehead atoms. The van der Waals surface area contributed by atoms with Gasteiger partial charge >= 0.3 is 0 Å². The van der Waals surface area contributed by atoms with E-state index in [-0.39, 0.29) is 30.3 Å². The molecule has 0 aliphatic heterocycles. The zero-order chi connectivity index (χ0) is 25.9. The SMILES string of the molecule is CC(=O)Nc1cn2nc(-c3cnc(C)c(C(=O)NCc4cc(F)ccc4OC4CCCC4)c3)ccc2n1. The summed E-state index contributed by atoms with van der Waals surface area (Å²) in [6.45, 7) is 3.28. The van der Waals surface area contributed by atoms with Crippen LogP contribution in [0.1, 0.15) is 54.2 Å². The molecule has 2 amide bonds. The zero-order valence-electron chi connectivity index (χ0n) is 20.6. The number of carbonyl (C=O) groups excluding carboxylic acids is 2. The normalized spacial score (nSPS) is 13.6. The predicted molar refractivity (Wildman–Crippen MR) is 136 cm³/mol. The lowest BCUT2D eigenvalue weighted by Crippen LogP contribution is -2.25. The van der Waals surface area contributed by atoms with Gasteiger partial charge in [-0.1, -0.05) is 0 Å². The third-order valence-electron chi connectivity index (χ3n) is 6.31. The summed E-state index contributed by atoms with van der Waals surface area (Å²) in [5, 5.41) is 10.0. The van der Waals surface area contributed by atoms with E-state index >= 15 is 0 Å². The van der Waals surface area contributed by atoms with E-state index in [1.807, 2.05) is 0 Å². The molecule has 2 N–H and O–H groups in total. The van der Waals surface area contributed by atoms with Gasteiger partial charge in [0.2, 0.25) is 5.91 Å². The van der Waals surface area contributed by atoms with Gasteiger partial charge in [-0.15, -0.1) is 0 Å². The number of aromatic nitrogens is 4. The molecule has 37 heavy (non-hydrogen) atoms. The van der Waals surface area contributed by atoms with Crippen molar-refractivity contribution >= 4 is 23.3 Å². The minimum atomic E-state index is -0.384. The lowest BCUT2D eigenvalue weighted by Gasteiger charge is -2.17. The van der Waals surface area contributed by atoms with Gasteiger partial charge in [-0.05, 0) is 69.0 Å². The molecule has 190 valence electrons. The van der Waals surface area contributed by atoms with Gasteiger partial charge in [-0.25, -0.2) is 13.9 Å². The van der Waals surface area contributed by atoms with Crippen LogP contribution in [0.3, 0.4) is 0 Å². The molecule has 1 aliphatic carbocycles. The number of amides is 2. The van der Waals surface area contributed by atoms with Gasteiger partial charge in [0.1, 0.15) is 11.6 Å². The molecule has 0 spiro atoms. The number of hydrogen-bond donors (Lipinski definition) is 2. The molecule has 4 aromatic rings. The van der Waals surface area contributed by atoms with Crippen molar-refractivity contribution in [3.63, 3.8) is 0 Å². The van der Waals surface area contributed by atoms with Crippen LogP contribution in [-0.2, 0) is 11.3 Å². The van der Waals surface area contributed by atoms with E-state index in [2.05, 4.69) is 25.7 Å². The van der Waals surface area contributed by atoms with E-state index in [1.165, 1.54) is 19.1 Å². The fourth-order valence-corrected chi connectivity index (χ4v) is 4.44. The van der Waals surface area contributed by atoms with Crippen LogP contribution < -0.4 is 15.4 Å². The smallest absolute Gasteiger partial charge is 0.253 e. The van der Waals surface area contributed by atoms with Gasteiger partial charge in [0, 0.05) is 30.8 Å². The second-order valence-corrected chi connectivity index (χ2v) is 9.14. The average molecular weight is 503 g/mol. The van der Waals surface area contributed by atoms with Gasteiger partial charge in [-0.2, -0.15) is 5.10 Å². The molecular formula is C27H27FN6O3. The molecule has 1 aromatic carbocycles. The first kappa shape index (κ1) is 24.4. The van der Waals surface area contributed by atoms with E-state index < -0.39 is 0 Å². The molecule has 3 aromatic heterocycles. The van der Waals surface area contributed by atoms with Crippen molar-refractivity contribution in [3.05, 3.63) is 71.4 Å². The van der Waals surface area contributed by atoms with E-state index in [4.69, 9.17) is 4.74 Å². The maximum atomic E-state index is 14.0. The first-order valence-electron chi connectivity index (χ1n) is 12.2. The molecule has 0 atom stereocenters. The molecule has 5 rings (SSSR count). The predicted octanol–water partition coefficient (Wildman–Crippen LogP) is 4.45. The second kappa shape index (κ2) is 10.3. The Bertz CT molecular complexity index is 1480. The third-order valence-corrected chi connectivity index (χ3v) is 6.31. The molecule has 0 unspecified atom stereocenters. The molecule has 10 heteroatoms. The lowest BCUT2D eigenvalue weighted by atomic mass is 10.1. The summed E-state index contributed by atoms with van der Waals surface area (Å²) < 4.78 is 21.6. The van der Waals surface area contributed by atoms with Crippen molar-refractivity contribution in [2.24, 2.45) is 0 Å². The Morgan fingerprint density at radius 1 is 1.16 bits per heavy atom. The van der Waals surface area contributed by atoms with Crippen LogP contribution in [0.25, 0.3) is 16.9 Å². The number of fused-ring (bicyclic) bond motifs is 1. The lowest BCUT2D eigenvalue weighted by molar-refractivity contribution is -0.114. The molecular weight excluding hydrogens is 475 g/mol. The Balaban J connectivity index is 1.34. The summed E-state index contributed by atoms with van der Waals surface area (Å²) in [7, 11) is 0. The Morgan fingerprint density at radius 3 is 2.76 bits per heavy atom. The van der Waals surface area contributed by atoms with Crippen molar-refractivity contribution in [1.82, 2.24) is 24.9 Å². The Labute approximate surface area is 213 Å². The molecule has 1 fully saturated rings. The number of rotatable bonds is 7. The number of ether oxygens (including phenoxy) is 1. The summed E-state index contributed by atoms with van der Waals surface area (Å²) in [5.74, 6) is 0.0455. The monoisotopic (exact) mass is 502 g/mol. The standard InChI is InChI=1S/C27H27FN6O3/c1-16-22(27(36)30-14-19-11-20(28)7-9-24(19)37-21-5-3-4-6-21)12-18(13-29-16)23-8-10-26-32-25(31-17(2)35)15-34(26)33-23/h7-13,15,21H,3-6,14H2,1-2H3,(H,30,36)(H,31,35). The zero-order valence-corrected chi connectivity index (χ0v) is 20.6. The minimum Gasteiger partial charge on any atom is -0.490 e. The van der Waals surface area contributed by atoms with Gasteiger partial charge in [0.15, 0.2) is 11.5 Å². The van der Waals surface area contributed by atoms with Gasteiger partial charge in [-0.3, -0.25) is 14.6 Å². The van der Waals surface area contributed by atoms with E-state index in [1.54, 1.807) is 48.1 Å². The van der Waals surface area contributed by atoms with Crippen molar-refractivity contribution in [2.45, 2.75) is 52.2 Å². The van der Waals surface area contributed by atoms with Gasteiger partial charge in [0.25, 0.3) is 5.91 Å². The number of benzene rings is 1. The molecule has 9 nitrogen and oxygen atoms in total. The van der Waals surface area contributed by atoms with Crippen LogP contribution in [0, 0.1) is 12.7 Å². The van der Waals surface area contributed by atoms with Crippen molar-refractivity contribution in [2.75, 3.05) is 5.32 Å². The highest BCUT2D eigenvalue weighted by atomic mass is 19.1. The maximum Gasteiger partial charge on any atom is 0.253 e. The minimum absolute atomic E-state index is 0.119. The number of pyridine rings is 1. The van der Waals surface area contributed by atoms with E-state index in [0.717, 1.165) is 25.7 Å². The van der Waals surface area contributed by atoms with Crippen LogP contribution in [0.15, 0.2) is 48.8 Å². The third kappa shape index (κ3) is 5.58. The second-order valence-electron chi connectivity index (χ2n) is 9.14. The van der Waals surface area contributed by atoms with Crippen LogP contribution in [0.4, 0.5) is 10.2 Å². The molecule has 0 radical (unpaired) electrons. The highest BCUT2D eigenvalue weighted by molar-refractivity contribution is 5.96. The number of hydrogen-bond acceptors (Lipinski definition) is 6. The number of nitrogens with one attached hydrogen (secondary N) is 2. The summed E-state index contributed by atoms with van der Waals surface area (Å²) in [6.07, 6.45) is 7.59. The largest absolute Gasteiger partial charge is 0.490 e. The quantitative estimate of drug-likeness (QED) is 0.386. The summed E-state index contributed by atoms with van der Waals surface area (Å²) in [6, 6.07) is 9.65. The number of halogens is 1. The molecule has 3 heterocycles. The highest BCUT2D eigenvalue weighted by Gasteiger charge is 2.19.